The number of hydrogen-bond acceptors (Lipinski definition) is 4. The lowest BCUT2D eigenvalue weighted by atomic mass is 10.0. The van der Waals surface area contributed by atoms with Crippen LogP contribution < -0.4 is 5.32 Å². The van der Waals surface area contributed by atoms with E-state index in [1.54, 1.807) is 29.3 Å². The summed E-state index contributed by atoms with van der Waals surface area (Å²) in [5, 5.41) is 2.90. The molecule has 0 bridgehead atoms. The molecule has 0 radical (unpaired) electrons. The van der Waals surface area contributed by atoms with Gasteiger partial charge in [0.1, 0.15) is 12.3 Å². The van der Waals surface area contributed by atoms with E-state index in [1.165, 1.54) is 7.11 Å². The van der Waals surface area contributed by atoms with Crippen molar-refractivity contribution in [3.8, 4) is 0 Å². The molecule has 1 aromatic heterocycles. The molecule has 6 nitrogen and oxygen atoms in total. The van der Waals surface area contributed by atoms with Crippen LogP contribution in [0.1, 0.15) is 23.3 Å². The van der Waals surface area contributed by atoms with Crippen molar-refractivity contribution in [2.45, 2.75) is 18.9 Å². The Morgan fingerprint density at radius 3 is 2.75 bits per heavy atom. The van der Waals surface area contributed by atoms with Gasteiger partial charge in [-0.2, -0.15) is 0 Å². The van der Waals surface area contributed by atoms with Crippen LogP contribution >= 0.6 is 0 Å². The number of hydrogen-bond donors (Lipinski definition) is 1. The first-order valence-electron chi connectivity index (χ1n) is 6.69. The van der Waals surface area contributed by atoms with Crippen LogP contribution in [-0.2, 0) is 9.53 Å². The first kappa shape index (κ1) is 14.5. The van der Waals surface area contributed by atoms with Gasteiger partial charge in [-0.3, -0.25) is 14.6 Å². The second-order valence-electron chi connectivity index (χ2n) is 4.78. The van der Waals surface area contributed by atoms with E-state index < -0.39 is 0 Å². The summed E-state index contributed by atoms with van der Waals surface area (Å²) >= 11 is 0. The number of carbonyl (C=O) groups is 2. The van der Waals surface area contributed by atoms with Crippen molar-refractivity contribution < 1.29 is 14.3 Å². The highest BCUT2D eigenvalue weighted by Crippen LogP contribution is 2.13. The molecule has 1 aliphatic heterocycles. The molecule has 0 unspecified atom stereocenters. The number of pyridine rings is 1. The van der Waals surface area contributed by atoms with Gasteiger partial charge in [-0.25, -0.2) is 0 Å². The number of methoxy groups -OCH3 is 1. The molecule has 0 aliphatic carbocycles. The molecular formula is C14H19N3O3. The van der Waals surface area contributed by atoms with Crippen LogP contribution in [0.2, 0.25) is 0 Å². The minimum atomic E-state index is -0.109. The first-order chi connectivity index (χ1) is 9.70. The predicted molar refractivity (Wildman–Crippen MR) is 73.2 cm³/mol. The summed E-state index contributed by atoms with van der Waals surface area (Å²) in [6, 6.07) is 5.42. The normalized spacial score (nSPS) is 15.9. The fourth-order valence-corrected chi connectivity index (χ4v) is 2.28. The zero-order valence-corrected chi connectivity index (χ0v) is 11.5. The van der Waals surface area contributed by atoms with Gasteiger partial charge < -0.3 is 15.0 Å². The van der Waals surface area contributed by atoms with Crippen molar-refractivity contribution >= 4 is 11.8 Å². The maximum atomic E-state index is 12.2. The summed E-state index contributed by atoms with van der Waals surface area (Å²) in [6.07, 6.45) is 3.13. The van der Waals surface area contributed by atoms with Gasteiger partial charge in [0.15, 0.2) is 0 Å². The molecule has 1 aromatic rings. The number of ether oxygens (including phenoxy) is 1. The molecule has 2 amide bonds. The highest BCUT2D eigenvalue weighted by Gasteiger charge is 2.24. The van der Waals surface area contributed by atoms with E-state index >= 15 is 0 Å². The minimum Gasteiger partial charge on any atom is -0.375 e. The third kappa shape index (κ3) is 3.77. The monoisotopic (exact) mass is 277 g/mol. The lowest BCUT2D eigenvalue weighted by Gasteiger charge is -2.32. The highest BCUT2D eigenvalue weighted by atomic mass is 16.5. The smallest absolute Gasteiger partial charge is 0.272 e. The Morgan fingerprint density at radius 1 is 1.40 bits per heavy atom. The van der Waals surface area contributed by atoms with E-state index in [4.69, 9.17) is 4.74 Å². The van der Waals surface area contributed by atoms with Crippen molar-refractivity contribution in [3.63, 3.8) is 0 Å². The minimum absolute atomic E-state index is 0.0488. The summed E-state index contributed by atoms with van der Waals surface area (Å²) in [6.45, 7) is 1.34. The molecule has 6 heteroatoms. The van der Waals surface area contributed by atoms with E-state index in [0.717, 1.165) is 12.8 Å². The Labute approximate surface area is 118 Å². The first-order valence-corrected chi connectivity index (χ1v) is 6.69. The zero-order chi connectivity index (χ0) is 14.4. The number of nitrogens with zero attached hydrogens (tertiary/aromatic N) is 2. The van der Waals surface area contributed by atoms with E-state index in [2.05, 4.69) is 10.3 Å². The largest absolute Gasteiger partial charge is 0.375 e. The standard InChI is InChI=1S/C14H19N3O3/c1-20-10-13(18)16-11-5-8-17(9-6-11)14(19)12-4-2-3-7-15-12/h2-4,7,11H,5-6,8-10H2,1H3,(H,16,18). The molecule has 2 heterocycles. The van der Waals surface area contributed by atoms with Gasteiger partial charge >= 0.3 is 0 Å². The van der Waals surface area contributed by atoms with Crippen LogP contribution in [0.4, 0.5) is 0 Å². The predicted octanol–water partition coefficient (Wildman–Crippen LogP) is 0.449. The van der Waals surface area contributed by atoms with Crippen molar-refractivity contribution in [1.82, 2.24) is 15.2 Å². The molecule has 1 saturated heterocycles. The molecule has 1 fully saturated rings. The number of aromatic nitrogens is 1. The summed E-state index contributed by atoms with van der Waals surface area (Å²) in [7, 11) is 1.49. The molecule has 0 atom stereocenters. The van der Waals surface area contributed by atoms with Gasteiger partial charge in [0.2, 0.25) is 5.91 Å². The molecule has 1 aliphatic rings. The molecule has 1 N–H and O–H groups in total. The maximum absolute atomic E-state index is 12.2. The molecule has 0 aromatic carbocycles. The molecular weight excluding hydrogens is 258 g/mol. The topological polar surface area (TPSA) is 71.5 Å². The Kier molecular flexibility index (Phi) is 5.06. The van der Waals surface area contributed by atoms with Gasteiger partial charge in [0.05, 0.1) is 0 Å². The lowest BCUT2D eigenvalue weighted by Crippen LogP contribution is -2.47. The second kappa shape index (κ2) is 7.00. The van der Waals surface area contributed by atoms with Crippen LogP contribution in [0, 0.1) is 0 Å². The Balaban J connectivity index is 1.82. The number of rotatable bonds is 4. The van der Waals surface area contributed by atoms with Crippen LogP contribution in [0.15, 0.2) is 24.4 Å². The Morgan fingerprint density at radius 2 is 2.15 bits per heavy atom. The molecule has 2 rings (SSSR count). The average Bonchev–Trinajstić information content (AvgIpc) is 2.48. The zero-order valence-electron chi connectivity index (χ0n) is 11.5. The fraction of sp³-hybridized carbons (Fsp3) is 0.500. The van der Waals surface area contributed by atoms with E-state index in [0.29, 0.717) is 18.8 Å². The van der Waals surface area contributed by atoms with E-state index in [9.17, 15) is 9.59 Å². The molecule has 0 spiro atoms. The molecule has 108 valence electrons. The van der Waals surface area contributed by atoms with Crippen molar-refractivity contribution in [2.24, 2.45) is 0 Å². The van der Waals surface area contributed by atoms with Crippen molar-refractivity contribution in [1.29, 1.82) is 0 Å². The van der Waals surface area contributed by atoms with Crippen LogP contribution in [-0.4, -0.2) is 54.5 Å². The number of carbonyl (C=O) groups excluding carboxylic acids is 2. The lowest BCUT2D eigenvalue weighted by molar-refractivity contribution is -0.125. The van der Waals surface area contributed by atoms with Gasteiger partial charge in [0, 0.05) is 32.4 Å². The molecule has 20 heavy (non-hydrogen) atoms. The summed E-state index contributed by atoms with van der Waals surface area (Å²) in [4.78, 5) is 29.5. The maximum Gasteiger partial charge on any atom is 0.272 e. The van der Waals surface area contributed by atoms with Gasteiger partial charge in [0.25, 0.3) is 5.91 Å². The third-order valence-corrected chi connectivity index (χ3v) is 3.31. The van der Waals surface area contributed by atoms with Gasteiger partial charge in [-0.05, 0) is 25.0 Å². The van der Waals surface area contributed by atoms with Crippen molar-refractivity contribution in [3.05, 3.63) is 30.1 Å². The summed E-state index contributed by atoms with van der Waals surface area (Å²) in [5.74, 6) is -0.158. The summed E-state index contributed by atoms with van der Waals surface area (Å²) < 4.78 is 4.78. The third-order valence-electron chi connectivity index (χ3n) is 3.31. The quantitative estimate of drug-likeness (QED) is 0.867. The van der Waals surface area contributed by atoms with E-state index in [1.807, 2.05) is 0 Å². The number of piperidine rings is 1. The molecule has 0 saturated carbocycles. The fourth-order valence-electron chi connectivity index (χ4n) is 2.28. The number of likely N-dealkylation sites (tertiary alicyclic amines) is 1. The summed E-state index contributed by atoms with van der Waals surface area (Å²) in [5.41, 5.74) is 0.467. The van der Waals surface area contributed by atoms with Crippen molar-refractivity contribution in [2.75, 3.05) is 26.8 Å². The second-order valence-corrected chi connectivity index (χ2v) is 4.78. The van der Waals surface area contributed by atoms with Crippen LogP contribution in [0.25, 0.3) is 0 Å². The SMILES string of the molecule is COCC(=O)NC1CCN(C(=O)c2ccccn2)CC1. The Bertz CT molecular complexity index is 456. The number of amides is 2. The van der Waals surface area contributed by atoms with E-state index in [-0.39, 0.29) is 24.5 Å². The number of nitrogens with one attached hydrogen (secondary N) is 1. The van der Waals surface area contributed by atoms with Gasteiger partial charge in [-0.1, -0.05) is 6.07 Å². The van der Waals surface area contributed by atoms with Gasteiger partial charge in [-0.15, -0.1) is 0 Å². The average molecular weight is 277 g/mol. The van der Waals surface area contributed by atoms with Crippen LogP contribution in [0.5, 0.6) is 0 Å². The Hall–Kier alpha value is -1.95. The van der Waals surface area contributed by atoms with Crippen LogP contribution in [0.3, 0.4) is 0 Å². The highest BCUT2D eigenvalue weighted by molar-refractivity contribution is 5.92.